The monoisotopic (exact) mass is 356 g/mol. The lowest BCUT2D eigenvalue weighted by atomic mass is 9.86. The molecule has 3 aromatic carbocycles. The first-order chi connectivity index (χ1) is 12.4. The number of rotatable bonds is 0. The van der Waals surface area contributed by atoms with Crippen molar-refractivity contribution in [2.24, 2.45) is 0 Å². The van der Waals surface area contributed by atoms with Crippen LogP contribution in [0.15, 0.2) is 54.6 Å². The Bertz CT molecular complexity index is 1100. The highest BCUT2D eigenvalue weighted by molar-refractivity contribution is 6.08. The molecule has 1 aliphatic carbocycles. The SMILES string of the molecule is FC(F)(F)C1(F)c2ccccc2-c2c1c1c(c3ccccc23)OCC=C1. The molecule has 0 saturated heterocycles. The minimum Gasteiger partial charge on any atom is -0.488 e. The molecule has 5 heteroatoms. The Labute approximate surface area is 146 Å². The fraction of sp³-hybridized carbons (Fsp3) is 0.143. The number of benzene rings is 3. The summed E-state index contributed by atoms with van der Waals surface area (Å²) in [5.41, 5.74) is -3.56. The van der Waals surface area contributed by atoms with E-state index in [4.69, 9.17) is 4.74 Å². The van der Waals surface area contributed by atoms with E-state index in [9.17, 15) is 13.2 Å². The first kappa shape index (κ1) is 15.4. The Morgan fingerprint density at radius 1 is 0.923 bits per heavy atom. The largest absolute Gasteiger partial charge is 0.488 e. The fourth-order valence-electron chi connectivity index (χ4n) is 4.11. The second-order valence-corrected chi connectivity index (χ2v) is 6.45. The van der Waals surface area contributed by atoms with Gasteiger partial charge in [-0.25, -0.2) is 4.39 Å². The third kappa shape index (κ3) is 1.70. The second kappa shape index (κ2) is 4.87. The lowest BCUT2D eigenvalue weighted by Gasteiger charge is -2.29. The van der Waals surface area contributed by atoms with Gasteiger partial charge < -0.3 is 4.74 Å². The van der Waals surface area contributed by atoms with Crippen molar-refractivity contribution in [2.75, 3.05) is 6.61 Å². The van der Waals surface area contributed by atoms with Crippen molar-refractivity contribution in [1.82, 2.24) is 0 Å². The van der Waals surface area contributed by atoms with E-state index in [1.54, 1.807) is 42.5 Å². The molecule has 5 rings (SSSR count). The van der Waals surface area contributed by atoms with Crippen molar-refractivity contribution in [1.29, 1.82) is 0 Å². The molecule has 0 N–H and O–H groups in total. The summed E-state index contributed by atoms with van der Waals surface area (Å²) in [6, 6.07) is 12.9. The highest BCUT2D eigenvalue weighted by Gasteiger charge is 2.64. The summed E-state index contributed by atoms with van der Waals surface area (Å²) in [7, 11) is 0. The lowest BCUT2D eigenvalue weighted by molar-refractivity contribution is -0.217. The number of alkyl halides is 4. The van der Waals surface area contributed by atoms with Gasteiger partial charge in [0, 0.05) is 22.1 Å². The maximum Gasteiger partial charge on any atom is 0.431 e. The Kier molecular flexibility index (Phi) is 2.89. The van der Waals surface area contributed by atoms with Gasteiger partial charge in [-0.15, -0.1) is 0 Å². The van der Waals surface area contributed by atoms with Gasteiger partial charge in [0.15, 0.2) is 0 Å². The Hall–Kier alpha value is -2.82. The summed E-state index contributed by atoms with van der Waals surface area (Å²) >= 11 is 0. The molecule has 1 nitrogen and oxygen atoms in total. The van der Waals surface area contributed by atoms with Crippen LogP contribution < -0.4 is 4.74 Å². The minimum atomic E-state index is -5.09. The molecule has 130 valence electrons. The van der Waals surface area contributed by atoms with E-state index >= 15 is 4.39 Å². The standard InChI is InChI=1S/C21H12F4O/c22-20(21(23,24)25)16-10-4-3-8-14(16)17-12-6-1-2-7-13(12)19-15(18(17)20)9-5-11-26-19/h1-10H,11H2. The van der Waals surface area contributed by atoms with E-state index in [1.807, 2.05) is 0 Å². The second-order valence-electron chi connectivity index (χ2n) is 6.45. The number of hydrogen-bond acceptors (Lipinski definition) is 1. The number of ether oxygens (including phenoxy) is 1. The van der Waals surface area contributed by atoms with Crippen molar-refractivity contribution in [3.8, 4) is 16.9 Å². The van der Waals surface area contributed by atoms with Crippen LogP contribution in [0.3, 0.4) is 0 Å². The molecular weight excluding hydrogens is 344 g/mol. The van der Waals surface area contributed by atoms with Crippen LogP contribution in [0.1, 0.15) is 16.7 Å². The zero-order valence-corrected chi connectivity index (χ0v) is 13.4. The summed E-state index contributed by atoms with van der Waals surface area (Å²) in [5.74, 6) is 0.306. The molecule has 1 atom stereocenters. The molecule has 1 aliphatic heterocycles. The fourth-order valence-corrected chi connectivity index (χ4v) is 4.11. The van der Waals surface area contributed by atoms with E-state index in [0.29, 0.717) is 22.1 Å². The molecule has 0 spiro atoms. The molecular formula is C21H12F4O. The molecule has 0 aromatic heterocycles. The topological polar surface area (TPSA) is 9.23 Å². The highest BCUT2D eigenvalue weighted by Crippen LogP contribution is 2.62. The Morgan fingerprint density at radius 3 is 2.38 bits per heavy atom. The summed E-state index contributed by atoms with van der Waals surface area (Å²) in [6.45, 7) is 0.244. The van der Waals surface area contributed by atoms with Crippen molar-refractivity contribution in [2.45, 2.75) is 11.8 Å². The van der Waals surface area contributed by atoms with Crippen LogP contribution in [-0.2, 0) is 5.67 Å². The molecule has 0 radical (unpaired) electrons. The summed E-state index contributed by atoms with van der Waals surface area (Å²) in [5, 5.41) is 1.25. The van der Waals surface area contributed by atoms with E-state index in [1.165, 1.54) is 18.2 Å². The summed E-state index contributed by atoms with van der Waals surface area (Å²) in [6.07, 6.45) is -1.94. The molecule has 26 heavy (non-hydrogen) atoms. The normalized spacial score (nSPS) is 20.5. The third-order valence-corrected chi connectivity index (χ3v) is 5.12. The number of halogens is 4. The predicted octanol–water partition coefficient (Wildman–Crippen LogP) is 6.00. The van der Waals surface area contributed by atoms with Gasteiger partial charge in [0.25, 0.3) is 5.67 Å². The summed E-state index contributed by atoms with van der Waals surface area (Å²) < 4.78 is 63.7. The average Bonchev–Trinajstić information content (AvgIpc) is 2.93. The van der Waals surface area contributed by atoms with Crippen LogP contribution in [0.2, 0.25) is 0 Å². The Balaban J connectivity index is 2.06. The predicted molar refractivity (Wildman–Crippen MR) is 91.9 cm³/mol. The number of fused-ring (bicyclic) bond motifs is 8. The quantitative estimate of drug-likeness (QED) is 0.449. The van der Waals surface area contributed by atoms with Crippen LogP contribution in [0, 0.1) is 0 Å². The van der Waals surface area contributed by atoms with Crippen molar-refractivity contribution in [3.05, 3.63) is 71.3 Å². The molecule has 0 saturated carbocycles. The van der Waals surface area contributed by atoms with Crippen molar-refractivity contribution < 1.29 is 22.3 Å². The van der Waals surface area contributed by atoms with Gasteiger partial charge in [-0.05, 0) is 22.6 Å². The maximum atomic E-state index is 15.9. The van der Waals surface area contributed by atoms with Crippen molar-refractivity contribution >= 4 is 16.8 Å². The van der Waals surface area contributed by atoms with Gasteiger partial charge in [-0.2, -0.15) is 13.2 Å². The van der Waals surface area contributed by atoms with Gasteiger partial charge >= 0.3 is 6.18 Å². The minimum absolute atomic E-state index is 0.168. The molecule has 2 aliphatic rings. The zero-order chi connectivity index (χ0) is 18.1. The first-order valence-corrected chi connectivity index (χ1v) is 8.18. The van der Waals surface area contributed by atoms with Gasteiger partial charge in [-0.1, -0.05) is 54.6 Å². The lowest BCUT2D eigenvalue weighted by Crippen LogP contribution is -2.38. The van der Waals surface area contributed by atoms with Crippen LogP contribution >= 0.6 is 0 Å². The van der Waals surface area contributed by atoms with Gasteiger partial charge in [0.05, 0.1) is 0 Å². The maximum absolute atomic E-state index is 15.9. The van der Waals surface area contributed by atoms with E-state index < -0.39 is 11.8 Å². The van der Waals surface area contributed by atoms with Crippen molar-refractivity contribution in [3.63, 3.8) is 0 Å². The van der Waals surface area contributed by atoms with Crippen LogP contribution in [-0.4, -0.2) is 12.8 Å². The van der Waals surface area contributed by atoms with E-state index in [-0.39, 0.29) is 28.9 Å². The summed E-state index contributed by atoms with van der Waals surface area (Å²) in [4.78, 5) is 0. The molecule has 0 amide bonds. The number of hydrogen-bond donors (Lipinski definition) is 0. The molecule has 3 aromatic rings. The van der Waals surface area contributed by atoms with Gasteiger partial charge in [0.1, 0.15) is 12.4 Å². The van der Waals surface area contributed by atoms with Gasteiger partial charge in [-0.3, -0.25) is 0 Å². The molecule has 1 unspecified atom stereocenters. The Morgan fingerprint density at radius 2 is 1.62 bits per heavy atom. The molecule has 0 fully saturated rings. The molecule has 1 heterocycles. The van der Waals surface area contributed by atoms with Gasteiger partial charge in [0.2, 0.25) is 0 Å². The van der Waals surface area contributed by atoms with Crippen LogP contribution in [0.4, 0.5) is 17.6 Å². The van der Waals surface area contributed by atoms with Crippen LogP contribution in [0.5, 0.6) is 5.75 Å². The molecule has 0 bridgehead atoms. The smallest absolute Gasteiger partial charge is 0.431 e. The van der Waals surface area contributed by atoms with E-state index in [2.05, 4.69) is 0 Å². The average molecular weight is 356 g/mol. The van der Waals surface area contributed by atoms with Crippen LogP contribution in [0.25, 0.3) is 28.0 Å². The first-order valence-electron chi connectivity index (χ1n) is 8.18. The zero-order valence-electron chi connectivity index (χ0n) is 13.4. The third-order valence-electron chi connectivity index (χ3n) is 5.12. The highest BCUT2D eigenvalue weighted by atomic mass is 19.4. The van der Waals surface area contributed by atoms with E-state index in [0.717, 1.165) is 0 Å².